The van der Waals surface area contributed by atoms with Gasteiger partial charge in [-0.3, -0.25) is 9.59 Å². The molecular formula is C25H48O8. The maximum absolute atomic E-state index is 12.3. The predicted octanol–water partition coefficient (Wildman–Crippen LogP) is 4.93. The molecule has 0 rings (SSSR count). The fourth-order valence-electron chi connectivity index (χ4n) is 3.46. The Morgan fingerprint density at radius 3 is 1.45 bits per heavy atom. The van der Waals surface area contributed by atoms with Crippen LogP contribution in [0, 0.1) is 5.41 Å². The molecule has 0 atom stereocenters. The minimum Gasteiger partial charge on any atom is -0.481 e. The lowest BCUT2D eigenvalue weighted by molar-refractivity contribution is -0.152. The number of unbranched alkanes of at least 4 members (excludes halogenated alkanes) is 5. The summed E-state index contributed by atoms with van der Waals surface area (Å²) in [7, 11) is 0. The molecule has 0 radical (unpaired) electrons. The summed E-state index contributed by atoms with van der Waals surface area (Å²) in [5, 5.41) is 18.8. The smallest absolute Gasteiger partial charge is 0.309 e. The van der Waals surface area contributed by atoms with E-state index in [0.29, 0.717) is 65.3 Å². The summed E-state index contributed by atoms with van der Waals surface area (Å²) in [6.07, 6.45) is 8.73. The summed E-state index contributed by atoms with van der Waals surface area (Å²) >= 11 is 0. The van der Waals surface area contributed by atoms with E-state index < -0.39 is 17.4 Å². The van der Waals surface area contributed by atoms with Crippen molar-refractivity contribution in [3.8, 4) is 0 Å². The molecule has 0 aromatic heterocycles. The molecule has 0 heterocycles. The topological polar surface area (TPSA) is 112 Å². The Labute approximate surface area is 200 Å². The lowest BCUT2D eigenvalue weighted by Crippen LogP contribution is -2.34. The second kappa shape index (κ2) is 22.6. The molecule has 0 aromatic carbocycles. The Morgan fingerprint density at radius 2 is 1.03 bits per heavy atom. The van der Waals surface area contributed by atoms with E-state index in [1.165, 1.54) is 0 Å². The maximum atomic E-state index is 12.3. The molecule has 0 unspecified atom stereocenters. The average Bonchev–Trinajstić information content (AvgIpc) is 2.78. The summed E-state index contributed by atoms with van der Waals surface area (Å²) in [4.78, 5) is 22.9. The first-order valence-corrected chi connectivity index (χ1v) is 12.7. The zero-order valence-electron chi connectivity index (χ0n) is 21.0. The van der Waals surface area contributed by atoms with Gasteiger partial charge in [-0.2, -0.15) is 0 Å². The highest BCUT2D eigenvalue weighted by atomic mass is 16.5. The molecule has 8 nitrogen and oxygen atoms in total. The quantitative estimate of drug-likeness (QED) is 0.169. The summed E-state index contributed by atoms with van der Waals surface area (Å²) in [5.74, 6) is -1.61. The van der Waals surface area contributed by atoms with Gasteiger partial charge < -0.3 is 29.2 Å². The number of carboxylic acid groups (broad SMARTS) is 2. The first-order chi connectivity index (χ1) is 16.0. The van der Waals surface area contributed by atoms with E-state index in [0.717, 1.165) is 58.2 Å². The number of carbonyl (C=O) groups is 2. The Kier molecular flexibility index (Phi) is 21.7. The van der Waals surface area contributed by atoms with Crippen LogP contribution in [0.1, 0.15) is 90.9 Å². The van der Waals surface area contributed by atoms with Gasteiger partial charge in [-0.05, 0) is 38.5 Å². The Hall–Kier alpha value is -1.22. The highest BCUT2D eigenvalue weighted by Gasteiger charge is 2.37. The molecule has 0 bridgehead atoms. The number of aliphatic carboxylic acids is 2. The summed E-state index contributed by atoms with van der Waals surface area (Å²) in [5.41, 5.74) is -0.904. The van der Waals surface area contributed by atoms with Crippen LogP contribution in [0.4, 0.5) is 0 Å². The zero-order chi connectivity index (χ0) is 24.6. The van der Waals surface area contributed by atoms with Crippen molar-refractivity contribution in [2.45, 2.75) is 90.9 Å². The molecule has 0 saturated heterocycles. The molecular weight excluding hydrogens is 428 g/mol. The van der Waals surface area contributed by atoms with Crippen LogP contribution in [0.15, 0.2) is 0 Å². The second-order valence-electron chi connectivity index (χ2n) is 8.55. The average molecular weight is 477 g/mol. The SMILES string of the molecule is CCCCOCCOCCC(CCCCCCC(=O)O)(CCOCCOCCCC)C(=O)O. The lowest BCUT2D eigenvalue weighted by atomic mass is 9.77. The fraction of sp³-hybridized carbons (Fsp3) is 0.920. The van der Waals surface area contributed by atoms with Gasteiger partial charge in [0.05, 0.1) is 31.8 Å². The van der Waals surface area contributed by atoms with Gasteiger partial charge in [-0.1, -0.05) is 46.0 Å². The van der Waals surface area contributed by atoms with E-state index in [2.05, 4.69) is 13.8 Å². The molecule has 0 amide bonds. The molecule has 0 aromatic rings. The predicted molar refractivity (Wildman–Crippen MR) is 128 cm³/mol. The first kappa shape index (κ1) is 31.8. The van der Waals surface area contributed by atoms with Crippen molar-refractivity contribution in [2.24, 2.45) is 5.41 Å². The van der Waals surface area contributed by atoms with Gasteiger partial charge in [0, 0.05) is 32.8 Å². The minimum absolute atomic E-state index is 0.159. The van der Waals surface area contributed by atoms with E-state index in [9.17, 15) is 14.7 Å². The maximum Gasteiger partial charge on any atom is 0.309 e. The summed E-state index contributed by atoms with van der Waals surface area (Å²) < 4.78 is 22.3. The van der Waals surface area contributed by atoms with Gasteiger partial charge >= 0.3 is 11.9 Å². The Morgan fingerprint density at radius 1 is 0.576 bits per heavy atom. The van der Waals surface area contributed by atoms with Crippen LogP contribution in [-0.4, -0.2) is 75.0 Å². The molecule has 0 fully saturated rings. The lowest BCUT2D eigenvalue weighted by Gasteiger charge is -2.29. The van der Waals surface area contributed by atoms with E-state index in [1.54, 1.807) is 0 Å². The number of hydrogen-bond donors (Lipinski definition) is 2. The highest BCUT2D eigenvalue weighted by molar-refractivity contribution is 5.74. The third kappa shape index (κ3) is 18.8. The standard InChI is InChI=1S/C25H48O8/c1-3-5-15-30-19-21-32-17-13-25(24(28)29,12-10-8-7-9-11-23(26)27)14-18-33-22-20-31-16-6-4-2/h3-22H2,1-2H3,(H,26,27)(H,28,29). The van der Waals surface area contributed by atoms with Crippen molar-refractivity contribution in [1.82, 2.24) is 0 Å². The van der Waals surface area contributed by atoms with E-state index in [1.807, 2.05) is 0 Å². The first-order valence-electron chi connectivity index (χ1n) is 12.7. The van der Waals surface area contributed by atoms with E-state index in [-0.39, 0.29) is 6.42 Å². The van der Waals surface area contributed by atoms with Crippen LogP contribution in [-0.2, 0) is 28.5 Å². The van der Waals surface area contributed by atoms with Crippen molar-refractivity contribution >= 4 is 11.9 Å². The Balaban J connectivity index is 4.47. The van der Waals surface area contributed by atoms with Crippen molar-refractivity contribution in [2.75, 3.05) is 52.9 Å². The molecule has 0 spiro atoms. The third-order valence-corrected chi connectivity index (χ3v) is 5.73. The normalized spacial score (nSPS) is 11.7. The van der Waals surface area contributed by atoms with Crippen molar-refractivity contribution < 1.29 is 38.7 Å². The number of hydrogen-bond acceptors (Lipinski definition) is 6. The number of rotatable bonds is 26. The number of ether oxygens (including phenoxy) is 4. The van der Waals surface area contributed by atoms with Crippen molar-refractivity contribution in [3.05, 3.63) is 0 Å². The van der Waals surface area contributed by atoms with Crippen LogP contribution in [0.2, 0.25) is 0 Å². The Bertz CT molecular complexity index is 449. The molecule has 196 valence electrons. The number of carboxylic acids is 2. The van der Waals surface area contributed by atoms with Crippen LogP contribution in [0.5, 0.6) is 0 Å². The molecule has 0 aliphatic carbocycles. The highest BCUT2D eigenvalue weighted by Crippen LogP contribution is 2.34. The molecule has 0 aliphatic rings. The monoisotopic (exact) mass is 476 g/mol. The van der Waals surface area contributed by atoms with Crippen molar-refractivity contribution in [1.29, 1.82) is 0 Å². The van der Waals surface area contributed by atoms with E-state index >= 15 is 0 Å². The van der Waals surface area contributed by atoms with Crippen LogP contribution in [0.25, 0.3) is 0 Å². The minimum atomic E-state index is -0.904. The van der Waals surface area contributed by atoms with Crippen LogP contribution in [0.3, 0.4) is 0 Å². The molecule has 0 aliphatic heterocycles. The molecule has 33 heavy (non-hydrogen) atoms. The largest absolute Gasteiger partial charge is 0.481 e. The summed E-state index contributed by atoms with van der Waals surface area (Å²) in [6, 6.07) is 0. The van der Waals surface area contributed by atoms with Crippen LogP contribution >= 0.6 is 0 Å². The van der Waals surface area contributed by atoms with Gasteiger partial charge in [0.25, 0.3) is 0 Å². The zero-order valence-corrected chi connectivity index (χ0v) is 21.0. The van der Waals surface area contributed by atoms with Gasteiger partial charge in [-0.15, -0.1) is 0 Å². The molecule has 2 N–H and O–H groups in total. The fourth-order valence-corrected chi connectivity index (χ4v) is 3.46. The van der Waals surface area contributed by atoms with E-state index in [4.69, 9.17) is 24.1 Å². The van der Waals surface area contributed by atoms with Crippen LogP contribution < -0.4 is 0 Å². The van der Waals surface area contributed by atoms with Gasteiger partial charge in [0.1, 0.15) is 0 Å². The third-order valence-electron chi connectivity index (χ3n) is 5.73. The second-order valence-corrected chi connectivity index (χ2v) is 8.55. The molecule has 8 heteroatoms. The van der Waals surface area contributed by atoms with Crippen molar-refractivity contribution in [3.63, 3.8) is 0 Å². The van der Waals surface area contributed by atoms with Gasteiger partial charge in [0.15, 0.2) is 0 Å². The molecule has 0 saturated carbocycles. The van der Waals surface area contributed by atoms with Gasteiger partial charge in [0.2, 0.25) is 0 Å². The summed E-state index contributed by atoms with van der Waals surface area (Å²) in [6.45, 7) is 8.35. The van der Waals surface area contributed by atoms with Gasteiger partial charge in [-0.25, -0.2) is 0 Å².